The van der Waals surface area contributed by atoms with E-state index in [1.807, 2.05) is 6.92 Å². The first-order chi connectivity index (χ1) is 10.3. The van der Waals surface area contributed by atoms with Crippen molar-refractivity contribution in [2.24, 2.45) is 0 Å². The number of carbonyl (C=O) groups is 1. The average Bonchev–Trinajstić information content (AvgIpc) is 2.68. The quantitative estimate of drug-likeness (QED) is 0.705. The summed E-state index contributed by atoms with van der Waals surface area (Å²) in [6, 6.07) is 0.893. The van der Waals surface area contributed by atoms with Crippen molar-refractivity contribution in [1.29, 1.82) is 0 Å². The normalized spacial score (nSPS) is 28.5. The van der Waals surface area contributed by atoms with Gasteiger partial charge in [-0.3, -0.25) is 9.69 Å². The van der Waals surface area contributed by atoms with Gasteiger partial charge in [0.15, 0.2) is 0 Å². The van der Waals surface area contributed by atoms with Gasteiger partial charge in [-0.25, -0.2) is 0 Å². The number of ketones is 1. The summed E-state index contributed by atoms with van der Waals surface area (Å²) in [5, 5.41) is 0. The van der Waals surface area contributed by atoms with E-state index in [9.17, 15) is 4.79 Å². The first kappa shape index (κ1) is 17.0. The molecule has 21 heavy (non-hydrogen) atoms. The molecule has 0 N–H and O–H groups in total. The second-order valence-electron chi connectivity index (χ2n) is 7.27. The van der Waals surface area contributed by atoms with E-state index >= 15 is 0 Å². The molecule has 0 aromatic carbocycles. The number of Topliss-reactive ketones (excluding diaryl/α,β-unsaturated/α-hetero) is 1. The Morgan fingerprint density at radius 2 is 1.19 bits per heavy atom. The molecule has 2 fully saturated rings. The molecule has 1 saturated carbocycles. The molecule has 0 amide bonds. The molecule has 0 bridgehead atoms. The van der Waals surface area contributed by atoms with Gasteiger partial charge in [-0.15, -0.1) is 0 Å². The highest BCUT2D eigenvalue weighted by Crippen LogP contribution is 2.26. The number of nitrogens with zero attached hydrogens (tertiary/aromatic N) is 1. The number of hydrogen-bond donors (Lipinski definition) is 0. The van der Waals surface area contributed by atoms with Crippen LogP contribution in [0.25, 0.3) is 0 Å². The van der Waals surface area contributed by atoms with Crippen LogP contribution in [0.5, 0.6) is 0 Å². The number of hydrogen-bond acceptors (Lipinski definition) is 2. The van der Waals surface area contributed by atoms with Gasteiger partial charge in [0.05, 0.1) is 6.04 Å². The maximum atomic E-state index is 12.2. The van der Waals surface area contributed by atoms with E-state index in [4.69, 9.17) is 0 Å². The van der Waals surface area contributed by atoms with Crippen LogP contribution in [0.4, 0.5) is 0 Å². The standard InChI is InChI=1S/C19H35NO/c1-17(21)19-15-11-7-4-8-12-16-20(19)18-13-9-5-2-3-6-10-14-18/h18-19H,2-16H2,1H3. The number of rotatable bonds is 2. The van der Waals surface area contributed by atoms with Gasteiger partial charge in [0.2, 0.25) is 0 Å². The Morgan fingerprint density at radius 1 is 0.714 bits per heavy atom. The molecule has 0 aromatic heterocycles. The molecule has 1 heterocycles. The molecular weight excluding hydrogens is 258 g/mol. The van der Waals surface area contributed by atoms with Crippen molar-refractivity contribution in [1.82, 2.24) is 4.90 Å². The molecule has 2 heteroatoms. The molecule has 1 aliphatic carbocycles. The average molecular weight is 293 g/mol. The predicted octanol–water partition coefficient (Wildman–Crippen LogP) is 5.10. The molecule has 2 aliphatic rings. The minimum Gasteiger partial charge on any atom is -0.298 e. The van der Waals surface area contributed by atoms with Gasteiger partial charge in [0.1, 0.15) is 5.78 Å². The molecular formula is C19H35NO. The molecule has 0 radical (unpaired) electrons. The van der Waals surface area contributed by atoms with Gasteiger partial charge in [-0.1, -0.05) is 64.2 Å². The van der Waals surface area contributed by atoms with Crippen LogP contribution in [0, 0.1) is 0 Å². The summed E-state index contributed by atoms with van der Waals surface area (Å²) >= 11 is 0. The van der Waals surface area contributed by atoms with Crippen molar-refractivity contribution in [2.75, 3.05) is 6.54 Å². The Kier molecular flexibility index (Phi) is 7.77. The fraction of sp³-hybridized carbons (Fsp3) is 0.947. The largest absolute Gasteiger partial charge is 0.298 e. The minimum atomic E-state index is 0.217. The van der Waals surface area contributed by atoms with E-state index in [0.29, 0.717) is 11.8 Å². The lowest BCUT2D eigenvalue weighted by atomic mass is 9.97. The highest BCUT2D eigenvalue weighted by atomic mass is 16.1. The highest BCUT2D eigenvalue weighted by molar-refractivity contribution is 5.81. The maximum absolute atomic E-state index is 12.2. The van der Waals surface area contributed by atoms with Crippen molar-refractivity contribution >= 4 is 5.78 Å². The van der Waals surface area contributed by atoms with Crippen molar-refractivity contribution in [2.45, 2.75) is 109 Å². The summed E-state index contributed by atoms with van der Waals surface area (Å²) in [6.45, 7) is 2.99. The Morgan fingerprint density at radius 3 is 1.76 bits per heavy atom. The summed E-state index contributed by atoms with van der Waals surface area (Å²) < 4.78 is 0. The molecule has 0 spiro atoms. The van der Waals surface area contributed by atoms with E-state index < -0.39 is 0 Å². The van der Waals surface area contributed by atoms with Crippen LogP contribution in [0.2, 0.25) is 0 Å². The Labute approximate surface area is 131 Å². The van der Waals surface area contributed by atoms with Crippen molar-refractivity contribution in [3.8, 4) is 0 Å². The molecule has 2 nitrogen and oxygen atoms in total. The Bertz CT molecular complexity index is 292. The van der Waals surface area contributed by atoms with Crippen LogP contribution in [0.3, 0.4) is 0 Å². The summed E-state index contributed by atoms with van der Waals surface area (Å²) in [5.74, 6) is 0.414. The summed E-state index contributed by atoms with van der Waals surface area (Å²) in [7, 11) is 0. The lowest BCUT2D eigenvalue weighted by molar-refractivity contribution is -0.123. The molecule has 1 unspecified atom stereocenters. The first-order valence-electron chi connectivity index (χ1n) is 9.55. The van der Waals surface area contributed by atoms with Gasteiger partial charge in [-0.05, 0) is 39.2 Å². The Balaban J connectivity index is 2.05. The lowest BCUT2D eigenvalue weighted by Crippen LogP contribution is -2.47. The molecule has 0 aromatic rings. The van der Waals surface area contributed by atoms with Gasteiger partial charge < -0.3 is 0 Å². The fourth-order valence-corrected chi connectivity index (χ4v) is 4.30. The highest BCUT2D eigenvalue weighted by Gasteiger charge is 2.29. The third-order valence-corrected chi connectivity index (χ3v) is 5.56. The van der Waals surface area contributed by atoms with Crippen LogP contribution >= 0.6 is 0 Å². The zero-order valence-electron chi connectivity index (χ0n) is 14.1. The predicted molar refractivity (Wildman–Crippen MR) is 89.6 cm³/mol. The Hall–Kier alpha value is -0.370. The van der Waals surface area contributed by atoms with Crippen molar-refractivity contribution in [3.05, 3.63) is 0 Å². The van der Waals surface area contributed by atoms with E-state index in [-0.39, 0.29) is 6.04 Å². The monoisotopic (exact) mass is 293 g/mol. The van der Waals surface area contributed by atoms with Gasteiger partial charge in [-0.2, -0.15) is 0 Å². The minimum absolute atomic E-state index is 0.217. The smallest absolute Gasteiger partial charge is 0.146 e. The molecule has 2 rings (SSSR count). The first-order valence-corrected chi connectivity index (χ1v) is 9.55. The molecule has 1 saturated heterocycles. The lowest BCUT2D eigenvalue weighted by Gasteiger charge is -2.37. The molecule has 1 atom stereocenters. The van der Waals surface area contributed by atoms with E-state index in [1.165, 1.54) is 83.5 Å². The van der Waals surface area contributed by atoms with Gasteiger partial charge >= 0.3 is 0 Å². The summed E-state index contributed by atoms with van der Waals surface area (Å²) in [4.78, 5) is 14.8. The van der Waals surface area contributed by atoms with Gasteiger partial charge in [0.25, 0.3) is 0 Å². The van der Waals surface area contributed by atoms with Crippen LogP contribution in [0.15, 0.2) is 0 Å². The molecule has 1 aliphatic heterocycles. The topological polar surface area (TPSA) is 20.3 Å². The summed E-state index contributed by atoms with van der Waals surface area (Å²) in [6.07, 6.45) is 18.7. The van der Waals surface area contributed by atoms with Crippen molar-refractivity contribution < 1.29 is 4.79 Å². The maximum Gasteiger partial charge on any atom is 0.146 e. The number of carbonyl (C=O) groups excluding carboxylic acids is 1. The fourth-order valence-electron chi connectivity index (χ4n) is 4.30. The second kappa shape index (κ2) is 9.61. The summed E-state index contributed by atoms with van der Waals surface area (Å²) in [5.41, 5.74) is 0. The van der Waals surface area contributed by atoms with Gasteiger partial charge in [0, 0.05) is 6.04 Å². The van der Waals surface area contributed by atoms with E-state index in [2.05, 4.69) is 4.90 Å². The zero-order valence-corrected chi connectivity index (χ0v) is 14.1. The van der Waals surface area contributed by atoms with E-state index in [0.717, 1.165) is 13.0 Å². The third-order valence-electron chi connectivity index (χ3n) is 5.56. The molecule has 122 valence electrons. The van der Waals surface area contributed by atoms with Crippen LogP contribution < -0.4 is 0 Å². The van der Waals surface area contributed by atoms with E-state index in [1.54, 1.807) is 0 Å². The van der Waals surface area contributed by atoms with Crippen LogP contribution in [-0.2, 0) is 4.79 Å². The van der Waals surface area contributed by atoms with Crippen LogP contribution in [0.1, 0.15) is 96.8 Å². The zero-order chi connectivity index (χ0) is 14.9. The SMILES string of the molecule is CC(=O)C1CCCCCCCN1C1CCCCCCCC1. The van der Waals surface area contributed by atoms with Crippen molar-refractivity contribution in [3.63, 3.8) is 0 Å². The van der Waals surface area contributed by atoms with Crippen LogP contribution in [-0.4, -0.2) is 29.3 Å². The second-order valence-corrected chi connectivity index (χ2v) is 7.27. The third kappa shape index (κ3) is 5.73.